The zero-order chi connectivity index (χ0) is 17.3. The average Bonchev–Trinajstić information content (AvgIpc) is 2.51. The van der Waals surface area contributed by atoms with Crippen LogP contribution in [0.5, 0.6) is 5.88 Å². The molecule has 4 nitrogen and oxygen atoms in total. The fourth-order valence-electron chi connectivity index (χ4n) is 2.04. The van der Waals surface area contributed by atoms with E-state index in [-0.39, 0.29) is 43.0 Å². The quantitative estimate of drug-likeness (QED) is 0.518. The van der Waals surface area contributed by atoms with Crippen molar-refractivity contribution in [2.75, 3.05) is 7.11 Å². The molecule has 0 saturated heterocycles. The van der Waals surface area contributed by atoms with Crippen LogP contribution in [0.4, 0.5) is 0 Å². The van der Waals surface area contributed by atoms with Gasteiger partial charge in [-0.1, -0.05) is 58.0 Å². The lowest BCUT2D eigenvalue weighted by Gasteiger charge is -2.17. The Balaban J connectivity index is 2.89. The van der Waals surface area contributed by atoms with Crippen LogP contribution in [0.3, 0.4) is 0 Å². The summed E-state index contributed by atoms with van der Waals surface area (Å²) in [4.78, 5) is 15.2. The Hall–Kier alpha value is -0.910. The van der Waals surface area contributed by atoms with Gasteiger partial charge < -0.3 is 9.84 Å². The van der Waals surface area contributed by atoms with Crippen molar-refractivity contribution in [3.63, 3.8) is 0 Å². The molecule has 0 aliphatic carbocycles. The average molecular weight is 415 g/mol. The number of hydrogen-bond acceptors (Lipinski definition) is 3. The molecule has 0 bridgehead atoms. The summed E-state index contributed by atoms with van der Waals surface area (Å²) in [5.74, 6) is -0.903. The first kappa shape index (κ1) is 18.4. The van der Waals surface area contributed by atoms with Gasteiger partial charge in [0.2, 0.25) is 5.88 Å². The second-order valence-corrected chi connectivity index (χ2v) is 6.26. The minimum absolute atomic E-state index is 0.00455. The molecule has 0 amide bonds. The van der Waals surface area contributed by atoms with Crippen LogP contribution < -0.4 is 4.74 Å². The van der Waals surface area contributed by atoms with E-state index in [1.807, 2.05) is 0 Å². The highest BCUT2D eigenvalue weighted by Crippen LogP contribution is 2.50. The smallest absolute Gasteiger partial charge is 0.307 e. The first-order chi connectivity index (χ1) is 10.8. The number of carbonyl (C=O) groups is 1. The number of pyridine rings is 1. The fourth-order valence-corrected chi connectivity index (χ4v) is 3.36. The maximum Gasteiger partial charge on any atom is 0.307 e. The zero-order valence-corrected chi connectivity index (χ0v) is 15.2. The van der Waals surface area contributed by atoms with Crippen molar-refractivity contribution in [3.05, 3.63) is 42.9 Å². The lowest BCUT2D eigenvalue weighted by molar-refractivity contribution is -0.136. The summed E-state index contributed by atoms with van der Waals surface area (Å²) in [6, 6.07) is 1.52. The third-order valence-corrected chi connectivity index (χ3v) is 5.27. The summed E-state index contributed by atoms with van der Waals surface area (Å²) < 4.78 is 5.20. The van der Waals surface area contributed by atoms with Crippen molar-refractivity contribution in [1.82, 2.24) is 4.98 Å². The van der Waals surface area contributed by atoms with Crippen LogP contribution in [0.1, 0.15) is 5.56 Å². The number of aliphatic carboxylic acids is 1. The van der Waals surface area contributed by atoms with Gasteiger partial charge in [-0.3, -0.25) is 4.79 Å². The molecule has 0 radical (unpaired) electrons. The molecule has 0 unspecified atom stereocenters. The Morgan fingerprint density at radius 1 is 1.04 bits per heavy atom. The molecule has 0 saturated carbocycles. The van der Waals surface area contributed by atoms with Crippen LogP contribution in [-0.2, 0) is 11.2 Å². The highest BCUT2D eigenvalue weighted by atomic mass is 35.5. The van der Waals surface area contributed by atoms with Gasteiger partial charge in [-0.2, -0.15) is 0 Å². The molecule has 0 aliphatic heterocycles. The van der Waals surface area contributed by atoms with Gasteiger partial charge in [-0.25, -0.2) is 4.98 Å². The van der Waals surface area contributed by atoms with E-state index in [0.717, 1.165) is 0 Å². The Kier molecular flexibility index (Phi) is 5.87. The van der Waals surface area contributed by atoms with E-state index in [4.69, 9.17) is 67.8 Å². The maximum atomic E-state index is 11.1. The second kappa shape index (κ2) is 7.32. The molecular weight excluding hydrogens is 407 g/mol. The largest absolute Gasteiger partial charge is 0.481 e. The van der Waals surface area contributed by atoms with E-state index in [9.17, 15) is 4.79 Å². The van der Waals surface area contributed by atoms with Crippen LogP contribution in [0, 0.1) is 0 Å². The minimum atomic E-state index is -1.04. The molecular formula is C14H8Cl5NO3. The van der Waals surface area contributed by atoms with E-state index in [1.54, 1.807) is 0 Å². The molecule has 0 spiro atoms. The van der Waals surface area contributed by atoms with Gasteiger partial charge in [0.05, 0.1) is 44.2 Å². The topological polar surface area (TPSA) is 59.4 Å². The highest BCUT2D eigenvalue weighted by Gasteiger charge is 2.25. The molecule has 2 rings (SSSR count). The molecule has 1 heterocycles. The molecule has 1 aromatic carbocycles. The zero-order valence-electron chi connectivity index (χ0n) is 11.5. The molecule has 9 heteroatoms. The molecule has 23 heavy (non-hydrogen) atoms. The summed E-state index contributed by atoms with van der Waals surface area (Å²) >= 11 is 30.6. The van der Waals surface area contributed by atoms with Crippen LogP contribution in [0.2, 0.25) is 25.1 Å². The Labute approximate surface area is 156 Å². The maximum absolute atomic E-state index is 11.1. The number of nitrogens with zero attached hydrogens (tertiary/aromatic N) is 1. The fraction of sp³-hybridized carbons (Fsp3) is 0.143. The SMILES string of the molecule is COc1nccc(CC(=O)O)c1-c1c(Cl)c(Cl)c(Cl)c(Cl)c1Cl. The van der Waals surface area contributed by atoms with Gasteiger partial charge in [-0.05, 0) is 11.6 Å². The molecule has 1 aromatic heterocycles. The predicted octanol–water partition coefficient (Wildman–Crippen LogP) is 5.65. The van der Waals surface area contributed by atoms with Crippen molar-refractivity contribution < 1.29 is 14.6 Å². The number of hydrogen-bond donors (Lipinski definition) is 1. The number of methoxy groups -OCH3 is 1. The summed E-state index contributed by atoms with van der Waals surface area (Å²) in [5, 5.41) is 9.17. The van der Waals surface area contributed by atoms with Crippen LogP contribution in [-0.4, -0.2) is 23.2 Å². The number of halogens is 5. The highest BCUT2D eigenvalue weighted by molar-refractivity contribution is 6.56. The van der Waals surface area contributed by atoms with Crippen LogP contribution in [0.15, 0.2) is 12.3 Å². The third kappa shape index (κ3) is 3.47. The minimum Gasteiger partial charge on any atom is -0.481 e. The van der Waals surface area contributed by atoms with E-state index in [1.165, 1.54) is 19.4 Å². The monoisotopic (exact) mass is 413 g/mol. The van der Waals surface area contributed by atoms with Gasteiger partial charge in [0.25, 0.3) is 0 Å². The van der Waals surface area contributed by atoms with Gasteiger partial charge in [0.15, 0.2) is 0 Å². The molecule has 0 atom stereocenters. The molecule has 0 fully saturated rings. The van der Waals surface area contributed by atoms with E-state index < -0.39 is 5.97 Å². The Morgan fingerprint density at radius 2 is 1.57 bits per heavy atom. The number of carboxylic acids is 1. The predicted molar refractivity (Wildman–Crippen MR) is 92.6 cm³/mol. The van der Waals surface area contributed by atoms with E-state index in [2.05, 4.69) is 4.98 Å². The number of carboxylic acid groups (broad SMARTS) is 1. The third-order valence-electron chi connectivity index (χ3n) is 3.00. The van der Waals surface area contributed by atoms with Crippen LogP contribution >= 0.6 is 58.0 Å². The molecule has 1 N–H and O–H groups in total. The van der Waals surface area contributed by atoms with Crippen molar-refractivity contribution >= 4 is 64.0 Å². The molecule has 0 aliphatic rings. The van der Waals surface area contributed by atoms with E-state index in [0.29, 0.717) is 11.1 Å². The van der Waals surface area contributed by atoms with Crippen molar-refractivity contribution in [2.45, 2.75) is 6.42 Å². The Bertz CT molecular complexity index is 765. The summed E-state index contributed by atoms with van der Waals surface area (Å²) in [7, 11) is 1.39. The van der Waals surface area contributed by atoms with Crippen molar-refractivity contribution in [3.8, 4) is 17.0 Å². The number of ether oxygens (including phenoxy) is 1. The number of rotatable bonds is 4. The van der Waals surface area contributed by atoms with Crippen LogP contribution in [0.25, 0.3) is 11.1 Å². The first-order valence-electron chi connectivity index (χ1n) is 6.05. The standard InChI is InChI=1S/C14H8Cl5NO3/c1-23-14-7(5(2-3-20-14)4-6(21)22)8-9(15)11(17)13(19)12(18)10(8)16/h2-3H,4H2,1H3,(H,21,22). The van der Waals surface area contributed by atoms with Gasteiger partial charge in [0, 0.05) is 11.8 Å². The lowest BCUT2D eigenvalue weighted by atomic mass is 9.99. The number of aromatic nitrogens is 1. The first-order valence-corrected chi connectivity index (χ1v) is 7.94. The number of benzene rings is 1. The lowest BCUT2D eigenvalue weighted by Crippen LogP contribution is -2.05. The van der Waals surface area contributed by atoms with Gasteiger partial charge in [-0.15, -0.1) is 0 Å². The van der Waals surface area contributed by atoms with Gasteiger partial charge in [0.1, 0.15) is 0 Å². The summed E-state index contributed by atoms with van der Waals surface area (Å²) in [6.45, 7) is 0. The summed E-state index contributed by atoms with van der Waals surface area (Å²) in [6.07, 6.45) is 1.13. The van der Waals surface area contributed by atoms with Gasteiger partial charge >= 0.3 is 5.97 Å². The summed E-state index contributed by atoms with van der Waals surface area (Å²) in [5.41, 5.74) is 0.907. The Morgan fingerprint density at radius 3 is 2.04 bits per heavy atom. The van der Waals surface area contributed by atoms with Crippen molar-refractivity contribution in [2.24, 2.45) is 0 Å². The normalized spacial score (nSPS) is 10.7. The van der Waals surface area contributed by atoms with E-state index >= 15 is 0 Å². The van der Waals surface area contributed by atoms with Crippen molar-refractivity contribution in [1.29, 1.82) is 0 Å². The molecule has 2 aromatic rings. The second-order valence-electron chi connectivity index (χ2n) is 4.37. The molecule has 122 valence electrons.